The highest BCUT2D eigenvalue weighted by Gasteiger charge is 2.30. The molecule has 128 valence electrons. The lowest BCUT2D eigenvalue weighted by Crippen LogP contribution is -2.36. The van der Waals surface area contributed by atoms with Crippen molar-refractivity contribution < 1.29 is 13.2 Å². The lowest BCUT2D eigenvalue weighted by molar-refractivity contribution is -0.113. The molecule has 0 aliphatic carbocycles. The second kappa shape index (κ2) is 7.73. The van der Waals surface area contributed by atoms with Crippen LogP contribution in [0.15, 0.2) is 59.5 Å². The molecule has 0 aliphatic heterocycles. The molecule has 2 aromatic carbocycles. The summed E-state index contributed by atoms with van der Waals surface area (Å²) in [7, 11) is -3.72. The van der Waals surface area contributed by atoms with Crippen LogP contribution in [0.3, 0.4) is 0 Å². The maximum Gasteiger partial charge on any atom is 0.241 e. The quantitative estimate of drug-likeness (QED) is 0.781. The summed E-state index contributed by atoms with van der Waals surface area (Å²) in [4.78, 5) is 11.8. The number of carbonyl (C=O) groups excluding carboxylic acids is 1. The third-order valence-electron chi connectivity index (χ3n) is 4.08. The lowest BCUT2D eigenvalue weighted by Gasteiger charge is -2.27. The Morgan fingerprint density at radius 2 is 1.54 bits per heavy atom. The summed E-state index contributed by atoms with van der Waals surface area (Å²) in [5.74, 6) is -0.443. The van der Waals surface area contributed by atoms with Crippen LogP contribution in [-0.2, 0) is 14.8 Å². The van der Waals surface area contributed by atoms with E-state index in [1.807, 2.05) is 51.1 Å². The van der Waals surface area contributed by atoms with Crippen LogP contribution in [0, 0.1) is 18.8 Å². The van der Waals surface area contributed by atoms with Crippen molar-refractivity contribution in [1.29, 1.82) is 0 Å². The van der Waals surface area contributed by atoms with Gasteiger partial charge in [-0.15, -0.1) is 0 Å². The number of sulfonamides is 1. The van der Waals surface area contributed by atoms with Crippen LogP contribution in [0.25, 0.3) is 0 Å². The van der Waals surface area contributed by atoms with Crippen molar-refractivity contribution in [2.75, 3.05) is 0 Å². The van der Waals surface area contributed by atoms with Crippen molar-refractivity contribution in [3.05, 3.63) is 65.7 Å². The van der Waals surface area contributed by atoms with Gasteiger partial charge in [-0.3, -0.25) is 0 Å². The van der Waals surface area contributed by atoms with Crippen molar-refractivity contribution >= 4 is 16.3 Å². The first-order valence-electron chi connectivity index (χ1n) is 7.94. The molecule has 0 heterocycles. The molecule has 24 heavy (non-hydrogen) atoms. The van der Waals surface area contributed by atoms with Crippen LogP contribution in [0.4, 0.5) is 0 Å². The molecule has 2 rings (SSSR count). The van der Waals surface area contributed by atoms with E-state index in [1.54, 1.807) is 24.3 Å². The van der Waals surface area contributed by atoms with Gasteiger partial charge in [0, 0.05) is 5.92 Å². The molecule has 0 bridgehead atoms. The van der Waals surface area contributed by atoms with Gasteiger partial charge < -0.3 is 4.79 Å². The Morgan fingerprint density at radius 3 is 2.04 bits per heavy atom. The molecule has 0 fully saturated rings. The molecular formula is C19H23NO3S. The molecule has 0 saturated carbocycles. The Bertz CT molecular complexity index is 768. The summed E-state index contributed by atoms with van der Waals surface area (Å²) in [5, 5.41) is 0. The van der Waals surface area contributed by atoms with Crippen LogP contribution >= 0.6 is 0 Å². The van der Waals surface area contributed by atoms with Crippen molar-refractivity contribution in [1.82, 2.24) is 4.72 Å². The summed E-state index contributed by atoms with van der Waals surface area (Å²) in [5.41, 5.74) is 1.76. The summed E-state index contributed by atoms with van der Waals surface area (Å²) in [6.45, 7) is 5.72. The molecule has 0 aliphatic rings. The largest absolute Gasteiger partial charge is 0.303 e. The van der Waals surface area contributed by atoms with E-state index in [9.17, 15) is 13.2 Å². The predicted octanol–water partition coefficient (Wildman–Crippen LogP) is 3.49. The average Bonchev–Trinajstić information content (AvgIpc) is 2.55. The van der Waals surface area contributed by atoms with Gasteiger partial charge in [-0.2, -0.15) is 0 Å². The van der Waals surface area contributed by atoms with Crippen molar-refractivity contribution in [3.8, 4) is 0 Å². The Morgan fingerprint density at radius 1 is 0.958 bits per heavy atom. The van der Waals surface area contributed by atoms with E-state index >= 15 is 0 Å². The number of nitrogens with one attached hydrogen (secondary N) is 1. The standard InChI is InChI=1S/C19H23NO3S/c1-14(2)18(13-21)19(16-7-5-4-6-8-16)20-24(22,23)17-11-9-15(3)10-12-17/h4-14,18-20H,1-3H3/t18-,19-/m1/s1. The number of benzene rings is 2. The van der Waals surface area contributed by atoms with Crippen LogP contribution in [-0.4, -0.2) is 14.7 Å². The van der Waals surface area contributed by atoms with E-state index < -0.39 is 22.0 Å². The first-order valence-corrected chi connectivity index (χ1v) is 9.42. The lowest BCUT2D eigenvalue weighted by atomic mass is 9.86. The van der Waals surface area contributed by atoms with Gasteiger partial charge in [0.15, 0.2) is 0 Å². The Labute approximate surface area is 144 Å². The van der Waals surface area contributed by atoms with Gasteiger partial charge in [0.05, 0.1) is 10.9 Å². The highest BCUT2D eigenvalue weighted by Crippen LogP contribution is 2.28. The Kier molecular flexibility index (Phi) is 5.91. The fourth-order valence-corrected chi connectivity index (χ4v) is 3.86. The van der Waals surface area contributed by atoms with Gasteiger partial charge in [0.25, 0.3) is 0 Å². The van der Waals surface area contributed by atoms with Crippen LogP contribution < -0.4 is 4.72 Å². The van der Waals surface area contributed by atoms with Crippen LogP contribution in [0.5, 0.6) is 0 Å². The average molecular weight is 345 g/mol. The third kappa shape index (κ3) is 4.30. The SMILES string of the molecule is Cc1ccc(S(=O)(=O)N[C@H](c2ccccc2)[C@H](C=O)C(C)C)cc1. The third-order valence-corrected chi connectivity index (χ3v) is 5.54. The molecule has 0 radical (unpaired) electrons. The molecule has 1 N–H and O–H groups in total. The highest BCUT2D eigenvalue weighted by molar-refractivity contribution is 7.89. The molecule has 5 heteroatoms. The first-order chi connectivity index (χ1) is 11.3. The molecule has 0 unspecified atom stereocenters. The molecule has 2 aromatic rings. The second-order valence-corrected chi connectivity index (χ2v) is 7.99. The number of aryl methyl sites for hydroxylation is 1. The fourth-order valence-electron chi connectivity index (χ4n) is 2.60. The normalized spacial score (nSPS) is 14.3. The zero-order valence-electron chi connectivity index (χ0n) is 14.1. The minimum absolute atomic E-state index is 0.00780. The van der Waals surface area contributed by atoms with E-state index in [0.29, 0.717) is 0 Å². The number of aldehydes is 1. The molecule has 0 spiro atoms. The number of rotatable bonds is 7. The van der Waals surface area contributed by atoms with Gasteiger partial charge in [-0.25, -0.2) is 13.1 Å². The van der Waals surface area contributed by atoms with Crippen LogP contribution in [0.2, 0.25) is 0 Å². The molecule has 4 nitrogen and oxygen atoms in total. The first kappa shape index (κ1) is 18.4. The van der Waals surface area contributed by atoms with Gasteiger partial charge >= 0.3 is 0 Å². The fraction of sp³-hybridized carbons (Fsp3) is 0.316. The maximum absolute atomic E-state index is 12.7. The van der Waals surface area contributed by atoms with E-state index in [2.05, 4.69) is 4.72 Å². The van der Waals surface area contributed by atoms with Crippen molar-refractivity contribution in [3.63, 3.8) is 0 Å². The summed E-state index contributed by atoms with van der Waals surface area (Å²) < 4.78 is 28.2. The minimum atomic E-state index is -3.72. The number of carbonyl (C=O) groups is 1. The molecule has 2 atom stereocenters. The van der Waals surface area contributed by atoms with Crippen molar-refractivity contribution in [2.45, 2.75) is 31.7 Å². The van der Waals surface area contributed by atoms with Crippen LogP contribution in [0.1, 0.15) is 31.0 Å². The topological polar surface area (TPSA) is 63.2 Å². The zero-order chi connectivity index (χ0) is 17.7. The predicted molar refractivity (Wildman–Crippen MR) is 95.1 cm³/mol. The maximum atomic E-state index is 12.7. The minimum Gasteiger partial charge on any atom is -0.303 e. The van der Waals surface area contributed by atoms with Gasteiger partial charge in [-0.05, 0) is 30.5 Å². The molecule has 0 aromatic heterocycles. The second-order valence-electron chi connectivity index (χ2n) is 6.28. The van der Waals surface area contributed by atoms with E-state index in [0.717, 1.165) is 17.4 Å². The molecular weight excluding hydrogens is 322 g/mol. The van der Waals surface area contributed by atoms with Crippen molar-refractivity contribution in [2.24, 2.45) is 11.8 Å². The highest BCUT2D eigenvalue weighted by atomic mass is 32.2. The Hall–Kier alpha value is -1.98. The summed E-state index contributed by atoms with van der Waals surface area (Å²) in [6.07, 6.45) is 0.833. The zero-order valence-corrected chi connectivity index (χ0v) is 15.0. The van der Waals surface area contributed by atoms with E-state index in [-0.39, 0.29) is 10.8 Å². The summed E-state index contributed by atoms with van der Waals surface area (Å²) >= 11 is 0. The summed E-state index contributed by atoms with van der Waals surface area (Å²) in [6, 6.07) is 15.3. The van der Waals surface area contributed by atoms with E-state index in [1.165, 1.54) is 0 Å². The van der Waals surface area contributed by atoms with Gasteiger partial charge in [0.2, 0.25) is 10.0 Å². The number of hydrogen-bond acceptors (Lipinski definition) is 3. The smallest absolute Gasteiger partial charge is 0.241 e. The molecule has 0 amide bonds. The van der Waals surface area contributed by atoms with E-state index in [4.69, 9.17) is 0 Å². The van der Waals surface area contributed by atoms with Gasteiger partial charge in [-0.1, -0.05) is 61.9 Å². The van der Waals surface area contributed by atoms with Gasteiger partial charge in [0.1, 0.15) is 6.29 Å². The Balaban J connectivity index is 2.41. The monoisotopic (exact) mass is 345 g/mol. The number of hydrogen-bond donors (Lipinski definition) is 1. The molecule has 0 saturated heterocycles.